The third kappa shape index (κ3) is 4.38. The Balaban J connectivity index is 1.23. The highest BCUT2D eigenvalue weighted by atomic mass is 35.5. The highest BCUT2D eigenvalue weighted by Gasteiger charge is 2.24. The molecule has 8 aromatic rings. The Morgan fingerprint density at radius 1 is 0.587 bits per heavy atom. The molecule has 1 aliphatic heterocycles. The van der Waals surface area contributed by atoms with Crippen LogP contribution in [0.15, 0.2) is 160 Å². The number of nitrogens with one attached hydrogen (secondary N) is 1. The van der Waals surface area contributed by atoms with Gasteiger partial charge in [-0.3, -0.25) is 0 Å². The van der Waals surface area contributed by atoms with E-state index >= 15 is 0 Å². The van der Waals surface area contributed by atoms with E-state index in [4.69, 9.17) is 26.0 Å². The summed E-state index contributed by atoms with van der Waals surface area (Å²) in [6.07, 6.45) is -0.290. The van der Waals surface area contributed by atoms with E-state index in [1.807, 2.05) is 42.5 Å². The third-order valence-corrected chi connectivity index (χ3v) is 9.11. The second-order valence-electron chi connectivity index (χ2n) is 11.5. The fourth-order valence-electron chi connectivity index (χ4n) is 6.61. The number of hydrogen-bond donors (Lipinski definition) is 1. The zero-order chi connectivity index (χ0) is 30.6. The lowest BCUT2D eigenvalue weighted by Gasteiger charge is -2.25. The normalized spacial score (nSPS) is 14.8. The predicted molar refractivity (Wildman–Crippen MR) is 191 cm³/mol. The second-order valence-corrected chi connectivity index (χ2v) is 11.9. The minimum atomic E-state index is -0.290. The number of benzene rings is 7. The molecule has 7 aromatic carbocycles. The molecular weight excluding hydrogens is 586 g/mol. The lowest BCUT2D eigenvalue weighted by molar-refractivity contribution is 0.669. The summed E-state index contributed by atoms with van der Waals surface area (Å²) in [5.41, 5.74) is 6.77. The van der Waals surface area contributed by atoms with Crippen LogP contribution in [-0.4, -0.2) is 11.7 Å². The summed E-state index contributed by atoms with van der Waals surface area (Å²) >= 11 is 6.66. The summed E-state index contributed by atoms with van der Waals surface area (Å²) < 4.78 is 6.24. The lowest BCUT2D eigenvalue weighted by Crippen LogP contribution is -2.33. The monoisotopic (exact) mass is 611 g/mol. The van der Waals surface area contributed by atoms with E-state index in [1.165, 1.54) is 5.39 Å². The summed E-state index contributed by atoms with van der Waals surface area (Å²) in [7, 11) is 0. The van der Waals surface area contributed by atoms with Crippen molar-refractivity contribution in [3.05, 3.63) is 167 Å². The first-order chi connectivity index (χ1) is 22.7. The maximum Gasteiger partial charge on any atom is 0.159 e. The highest BCUT2D eigenvalue weighted by molar-refractivity contribution is 6.37. The van der Waals surface area contributed by atoms with Gasteiger partial charge >= 0.3 is 0 Å². The molecule has 1 unspecified atom stereocenters. The summed E-state index contributed by atoms with van der Waals surface area (Å²) in [6, 6.07) is 50.1. The molecule has 9 rings (SSSR count). The number of nitrogens with zero attached hydrogens (tertiary/aromatic N) is 2. The molecule has 1 N–H and O–H groups in total. The van der Waals surface area contributed by atoms with Crippen LogP contribution in [0.5, 0.6) is 0 Å². The molecule has 0 fully saturated rings. The molecule has 0 spiro atoms. The van der Waals surface area contributed by atoms with Crippen molar-refractivity contribution in [3.8, 4) is 11.1 Å². The van der Waals surface area contributed by atoms with Crippen LogP contribution in [0.2, 0.25) is 5.02 Å². The van der Waals surface area contributed by atoms with Crippen LogP contribution in [0.25, 0.3) is 54.6 Å². The minimum absolute atomic E-state index is 0.290. The summed E-state index contributed by atoms with van der Waals surface area (Å²) in [5, 5.41) is 10.9. The van der Waals surface area contributed by atoms with Gasteiger partial charge in [0.2, 0.25) is 0 Å². The number of halogens is 1. The maximum absolute atomic E-state index is 6.66. The molecule has 1 atom stereocenters. The Morgan fingerprint density at radius 2 is 1.26 bits per heavy atom. The molecule has 2 heterocycles. The van der Waals surface area contributed by atoms with E-state index in [0.29, 0.717) is 16.4 Å². The van der Waals surface area contributed by atoms with Crippen molar-refractivity contribution >= 4 is 66.8 Å². The number of rotatable bonds is 4. The Bertz CT molecular complexity index is 2530. The van der Waals surface area contributed by atoms with E-state index in [1.54, 1.807) is 0 Å². The molecule has 0 aliphatic carbocycles. The number of aliphatic imine (C=N–C) groups is 2. The second kappa shape index (κ2) is 10.7. The molecule has 1 aromatic heterocycles. The molecule has 5 heteroatoms. The zero-order valence-corrected chi connectivity index (χ0v) is 25.4. The van der Waals surface area contributed by atoms with Crippen LogP contribution in [0.4, 0.5) is 0 Å². The van der Waals surface area contributed by atoms with Crippen molar-refractivity contribution in [1.29, 1.82) is 0 Å². The van der Waals surface area contributed by atoms with Crippen LogP contribution < -0.4 is 5.32 Å². The van der Waals surface area contributed by atoms with Gasteiger partial charge in [-0.1, -0.05) is 139 Å². The molecule has 0 radical (unpaired) electrons. The van der Waals surface area contributed by atoms with E-state index in [2.05, 4.69) is 108 Å². The molecule has 0 saturated heterocycles. The van der Waals surface area contributed by atoms with Crippen LogP contribution >= 0.6 is 11.6 Å². The molecule has 0 amide bonds. The fraction of sp³-hybridized carbons (Fsp3) is 0.0244. The van der Waals surface area contributed by atoms with Gasteiger partial charge in [-0.2, -0.15) is 0 Å². The average Bonchev–Trinajstić information content (AvgIpc) is 3.52. The Morgan fingerprint density at radius 3 is 2.11 bits per heavy atom. The van der Waals surface area contributed by atoms with E-state index in [9.17, 15) is 0 Å². The van der Waals surface area contributed by atoms with Gasteiger partial charge in [-0.15, -0.1) is 0 Å². The van der Waals surface area contributed by atoms with Gasteiger partial charge in [-0.25, -0.2) is 9.98 Å². The van der Waals surface area contributed by atoms with E-state index in [0.717, 1.165) is 66.2 Å². The van der Waals surface area contributed by atoms with Gasteiger partial charge in [0.15, 0.2) is 11.4 Å². The van der Waals surface area contributed by atoms with Crippen molar-refractivity contribution in [2.75, 3.05) is 0 Å². The number of amidine groups is 2. The van der Waals surface area contributed by atoms with E-state index in [-0.39, 0.29) is 6.17 Å². The van der Waals surface area contributed by atoms with E-state index < -0.39 is 0 Å². The summed E-state index contributed by atoms with van der Waals surface area (Å²) in [4.78, 5) is 10.3. The quantitative estimate of drug-likeness (QED) is 0.215. The topological polar surface area (TPSA) is 49.9 Å². The number of furan rings is 1. The van der Waals surface area contributed by atoms with Gasteiger partial charge in [-0.05, 0) is 56.4 Å². The largest absolute Gasteiger partial charge is 0.454 e. The molecule has 218 valence electrons. The Hall–Kier alpha value is -5.71. The van der Waals surface area contributed by atoms with Crippen LogP contribution in [0, 0.1) is 0 Å². The smallest absolute Gasteiger partial charge is 0.159 e. The predicted octanol–water partition coefficient (Wildman–Crippen LogP) is 10.7. The van der Waals surface area contributed by atoms with Crippen LogP contribution in [0.3, 0.4) is 0 Å². The molecule has 46 heavy (non-hydrogen) atoms. The van der Waals surface area contributed by atoms with Crippen LogP contribution in [0.1, 0.15) is 22.9 Å². The van der Waals surface area contributed by atoms with Gasteiger partial charge in [0.1, 0.15) is 17.6 Å². The van der Waals surface area contributed by atoms with Crippen LogP contribution in [-0.2, 0) is 0 Å². The van der Waals surface area contributed by atoms with Gasteiger partial charge < -0.3 is 9.73 Å². The third-order valence-electron chi connectivity index (χ3n) is 8.81. The summed E-state index contributed by atoms with van der Waals surface area (Å²) in [6.45, 7) is 0. The summed E-state index contributed by atoms with van der Waals surface area (Å²) in [5.74, 6) is 1.48. The SMILES string of the molecule is Clc1ccc(-c2ccc(C3=NC(c4ccc5ccccc5c4)=NC(c4ccccc4)N3)c3ccccc23)c2c1oc1ccccc12. The fourth-order valence-corrected chi connectivity index (χ4v) is 6.81. The molecule has 0 bridgehead atoms. The first-order valence-corrected chi connectivity index (χ1v) is 15.7. The van der Waals surface area contributed by atoms with Crippen molar-refractivity contribution in [3.63, 3.8) is 0 Å². The van der Waals surface area contributed by atoms with Crippen molar-refractivity contribution < 1.29 is 4.42 Å². The number of para-hydroxylation sites is 1. The van der Waals surface area contributed by atoms with Crippen molar-refractivity contribution in [2.24, 2.45) is 9.98 Å². The number of fused-ring (bicyclic) bond motifs is 5. The Labute approximate surface area is 270 Å². The Kier molecular flexibility index (Phi) is 6.22. The molecule has 4 nitrogen and oxygen atoms in total. The minimum Gasteiger partial charge on any atom is -0.454 e. The van der Waals surface area contributed by atoms with Gasteiger partial charge in [0, 0.05) is 21.9 Å². The molecule has 1 aliphatic rings. The van der Waals surface area contributed by atoms with Crippen molar-refractivity contribution in [1.82, 2.24) is 5.32 Å². The molecule has 0 saturated carbocycles. The number of hydrogen-bond acceptors (Lipinski definition) is 4. The first-order valence-electron chi connectivity index (χ1n) is 15.3. The first kappa shape index (κ1) is 26.7. The molecular formula is C41H26ClN3O. The van der Waals surface area contributed by atoms with Crippen molar-refractivity contribution in [2.45, 2.75) is 6.17 Å². The van der Waals surface area contributed by atoms with Gasteiger partial charge in [0.05, 0.1) is 5.02 Å². The van der Waals surface area contributed by atoms with Gasteiger partial charge in [0.25, 0.3) is 0 Å². The highest BCUT2D eigenvalue weighted by Crippen LogP contribution is 2.42. The lowest BCUT2D eigenvalue weighted by atomic mass is 9.92. The average molecular weight is 612 g/mol. The maximum atomic E-state index is 6.66. The standard InChI is InChI=1S/C41H26ClN3O/c42-35-23-22-32(37-34-16-8-9-17-36(34)46-38(35)37)31-20-21-33(30-15-7-6-14-29(30)31)41-44-39(26-11-2-1-3-12-26)43-40(45-41)28-19-18-25-10-4-5-13-27(25)24-28/h1-24,39H,(H,43,44,45). The zero-order valence-electron chi connectivity index (χ0n) is 24.6.